The molecule has 18 heavy (non-hydrogen) atoms. The summed E-state index contributed by atoms with van der Waals surface area (Å²) in [4.78, 5) is 23.4. The molecule has 0 unspecified atom stereocenters. The first-order valence-electron chi connectivity index (χ1n) is 5.17. The normalized spacial score (nSPS) is 10.1. The number of amides is 1. The van der Waals surface area contributed by atoms with Crippen LogP contribution in [0.4, 0.5) is 5.82 Å². The highest BCUT2D eigenvalue weighted by Crippen LogP contribution is 2.02. The Morgan fingerprint density at radius 3 is 2.72 bits per heavy atom. The van der Waals surface area contributed by atoms with Gasteiger partial charge in [0.05, 0.1) is 25.1 Å². The van der Waals surface area contributed by atoms with Crippen molar-refractivity contribution < 1.29 is 9.21 Å². The van der Waals surface area contributed by atoms with Gasteiger partial charge in [0, 0.05) is 0 Å². The maximum absolute atomic E-state index is 11.7. The van der Waals surface area contributed by atoms with Crippen molar-refractivity contribution >= 4 is 11.7 Å². The molecule has 1 amide bonds. The number of nitrogen functional groups attached to an aromatic ring is 1. The van der Waals surface area contributed by atoms with E-state index >= 15 is 0 Å². The summed E-state index contributed by atoms with van der Waals surface area (Å²) in [5.74, 6) is 6.30. The van der Waals surface area contributed by atoms with Crippen molar-refractivity contribution in [2.75, 3.05) is 5.43 Å². The molecule has 0 saturated carbocycles. The number of nitrogens with two attached hydrogens (primary N) is 1. The summed E-state index contributed by atoms with van der Waals surface area (Å²) in [5.41, 5.74) is 2.52. The van der Waals surface area contributed by atoms with Gasteiger partial charge in [-0.05, 0) is 6.92 Å². The molecular formula is C10H12N6O2. The van der Waals surface area contributed by atoms with E-state index in [0.29, 0.717) is 17.5 Å². The highest BCUT2D eigenvalue weighted by Gasteiger charge is 2.09. The van der Waals surface area contributed by atoms with Crippen LogP contribution < -0.4 is 16.6 Å². The maximum Gasteiger partial charge on any atom is 0.271 e. The van der Waals surface area contributed by atoms with Crippen LogP contribution in [0, 0.1) is 6.92 Å². The van der Waals surface area contributed by atoms with Crippen LogP contribution in [0.2, 0.25) is 0 Å². The fourth-order valence-corrected chi connectivity index (χ4v) is 1.25. The Bertz CT molecular complexity index is 536. The van der Waals surface area contributed by atoms with E-state index in [0.717, 1.165) is 0 Å². The number of carbonyl (C=O) groups excluding carboxylic acids is 1. The Labute approximate surface area is 103 Å². The molecule has 0 aliphatic carbocycles. The number of hydrogen-bond donors (Lipinski definition) is 3. The van der Waals surface area contributed by atoms with Gasteiger partial charge in [-0.3, -0.25) is 4.79 Å². The molecule has 0 aliphatic rings. The number of anilines is 1. The van der Waals surface area contributed by atoms with Crippen LogP contribution in [0.3, 0.4) is 0 Å². The van der Waals surface area contributed by atoms with Gasteiger partial charge in [0.2, 0.25) is 5.89 Å². The molecule has 2 aromatic rings. The third-order valence-electron chi connectivity index (χ3n) is 2.10. The standard InChI is InChI=1S/C10H12N6O2/c1-6-2-14-9(18-6)5-15-10(17)7-3-13-8(16-11)4-12-7/h2-4H,5,11H2,1H3,(H,13,16)(H,15,17). The zero-order chi connectivity index (χ0) is 13.0. The number of aryl methyl sites for hydroxylation is 1. The fourth-order valence-electron chi connectivity index (χ4n) is 1.25. The van der Waals surface area contributed by atoms with E-state index in [1.54, 1.807) is 13.1 Å². The summed E-state index contributed by atoms with van der Waals surface area (Å²) >= 11 is 0. The molecule has 2 aromatic heterocycles. The van der Waals surface area contributed by atoms with Crippen molar-refractivity contribution in [3.63, 3.8) is 0 Å². The first kappa shape index (κ1) is 12.0. The minimum absolute atomic E-state index is 0.192. The van der Waals surface area contributed by atoms with Crippen LogP contribution in [0.1, 0.15) is 22.1 Å². The summed E-state index contributed by atoms with van der Waals surface area (Å²) in [6, 6.07) is 0. The first-order valence-corrected chi connectivity index (χ1v) is 5.17. The van der Waals surface area contributed by atoms with Gasteiger partial charge in [-0.1, -0.05) is 0 Å². The lowest BCUT2D eigenvalue weighted by Crippen LogP contribution is -2.24. The van der Waals surface area contributed by atoms with Crippen LogP contribution in [0.5, 0.6) is 0 Å². The van der Waals surface area contributed by atoms with Gasteiger partial charge in [0.1, 0.15) is 11.5 Å². The highest BCUT2D eigenvalue weighted by molar-refractivity contribution is 5.91. The molecule has 0 aliphatic heterocycles. The highest BCUT2D eigenvalue weighted by atomic mass is 16.4. The van der Waals surface area contributed by atoms with Gasteiger partial charge in [0.25, 0.3) is 5.91 Å². The van der Waals surface area contributed by atoms with Crippen LogP contribution in [0.15, 0.2) is 23.0 Å². The number of carbonyl (C=O) groups is 1. The van der Waals surface area contributed by atoms with Gasteiger partial charge in [-0.2, -0.15) is 0 Å². The first-order chi connectivity index (χ1) is 8.69. The summed E-state index contributed by atoms with van der Waals surface area (Å²) in [5, 5.41) is 2.62. The van der Waals surface area contributed by atoms with Crippen LogP contribution in [-0.4, -0.2) is 20.9 Å². The van der Waals surface area contributed by atoms with Gasteiger partial charge >= 0.3 is 0 Å². The topological polar surface area (TPSA) is 119 Å². The molecule has 0 bridgehead atoms. The molecule has 4 N–H and O–H groups in total. The summed E-state index contributed by atoms with van der Waals surface area (Å²) in [6.45, 7) is 1.98. The van der Waals surface area contributed by atoms with Crippen LogP contribution in [0.25, 0.3) is 0 Å². The number of aromatic nitrogens is 3. The predicted octanol–water partition coefficient (Wildman–Crippen LogP) is -0.0114. The molecule has 94 valence electrons. The second-order valence-electron chi connectivity index (χ2n) is 3.48. The van der Waals surface area contributed by atoms with Crippen LogP contribution in [-0.2, 0) is 6.54 Å². The second kappa shape index (κ2) is 5.23. The van der Waals surface area contributed by atoms with E-state index in [-0.39, 0.29) is 18.1 Å². The molecule has 0 aromatic carbocycles. The summed E-state index contributed by atoms with van der Waals surface area (Å²) in [7, 11) is 0. The minimum atomic E-state index is -0.359. The zero-order valence-electron chi connectivity index (χ0n) is 9.67. The van der Waals surface area contributed by atoms with Crippen molar-refractivity contribution in [2.45, 2.75) is 13.5 Å². The largest absolute Gasteiger partial charge is 0.444 e. The number of hydrogen-bond acceptors (Lipinski definition) is 7. The summed E-state index contributed by atoms with van der Waals surface area (Å²) < 4.78 is 5.22. The zero-order valence-corrected chi connectivity index (χ0v) is 9.67. The third-order valence-corrected chi connectivity index (χ3v) is 2.10. The lowest BCUT2D eigenvalue weighted by molar-refractivity contribution is 0.0941. The Balaban J connectivity index is 1.94. The number of rotatable bonds is 4. The SMILES string of the molecule is Cc1cnc(CNC(=O)c2cnc(NN)cn2)o1. The van der Waals surface area contributed by atoms with E-state index in [1.807, 2.05) is 0 Å². The Hall–Kier alpha value is -2.48. The average Bonchev–Trinajstić information content (AvgIpc) is 2.82. The molecule has 0 saturated heterocycles. The van der Waals surface area contributed by atoms with E-state index < -0.39 is 0 Å². The van der Waals surface area contributed by atoms with Gasteiger partial charge in [-0.25, -0.2) is 20.8 Å². The molecule has 2 rings (SSSR count). The lowest BCUT2D eigenvalue weighted by Gasteiger charge is -2.02. The summed E-state index contributed by atoms with van der Waals surface area (Å²) in [6.07, 6.45) is 4.28. The molecule has 0 spiro atoms. The van der Waals surface area contributed by atoms with E-state index in [1.165, 1.54) is 12.4 Å². The fraction of sp³-hybridized carbons (Fsp3) is 0.200. The van der Waals surface area contributed by atoms with Crippen molar-refractivity contribution in [3.8, 4) is 0 Å². The van der Waals surface area contributed by atoms with Crippen LogP contribution >= 0.6 is 0 Å². The Kier molecular flexibility index (Phi) is 3.49. The number of hydrazine groups is 1. The third kappa shape index (κ3) is 2.80. The molecule has 0 atom stereocenters. The smallest absolute Gasteiger partial charge is 0.271 e. The van der Waals surface area contributed by atoms with Gasteiger partial charge in [0.15, 0.2) is 5.82 Å². The van der Waals surface area contributed by atoms with E-state index in [2.05, 4.69) is 25.7 Å². The minimum Gasteiger partial charge on any atom is -0.444 e. The molecule has 2 heterocycles. The van der Waals surface area contributed by atoms with E-state index in [9.17, 15) is 4.79 Å². The van der Waals surface area contributed by atoms with Gasteiger partial charge < -0.3 is 15.2 Å². The molecule has 8 nitrogen and oxygen atoms in total. The maximum atomic E-state index is 11.7. The Morgan fingerprint density at radius 1 is 1.33 bits per heavy atom. The lowest BCUT2D eigenvalue weighted by atomic mass is 10.4. The number of nitrogens with one attached hydrogen (secondary N) is 2. The molecule has 0 fully saturated rings. The molecular weight excluding hydrogens is 236 g/mol. The predicted molar refractivity (Wildman–Crippen MR) is 62.3 cm³/mol. The monoisotopic (exact) mass is 248 g/mol. The van der Waals surface area contributed by atoms with Crippen molar-refractivity contribution in [1.29, 1.82) is 0 Å². The van der Waals surface area contributed by atoms with Gasteiger partial charge in [-0.15, -0.1) is 0 Å². The van der Waals surface area contributed by atoms with Crippen molar-refractivity contribution in [2.24, 2.45) is 5.84 Å². The van der Waals surface area contributed by atoms with Crippen molar-refractivity contribution in [1.82, 2.24) is 20.3 Å². The number of nitrogens with zero attached hydrogens (tertiary/aromatic N) is 3. The molecule has 8 heteroatoms. The number of oxazole rings is 1. The Morgan fingerprint density at radius 2 is 2.17 bits per heavy atom. The van der Waals surface area contributed by atoms with E-state index in [4.69, 9.17) is 10.3 Å². The quantitative estimate of drug-likeness (QED) is 0.514. The second-order valence-corrected chi connectivity index (χ2v) is 3.48. The van der Waals surface area contributed by atoms with Crippen molar-refractivity contribution in [3.05, 3.63) is 35.9 Å². The average molecular weight is 248 g/mol. The molecule has 0 radical (unpaired) electrons.